The standard InChI is InChI=1S/C20H27N3O3/c1-22(2)19(25)16-5-3-14(4-6-16)13-21-18(24)15-9-11-23(12-10-15)20(26)17-7-8-17/h3-6,15,17H,7-13H2,1-2H3,(H,21,24). The minimum absolute atomic E-state index is 0.0205. The smallest absolute Gasteiger partial charge is 0.253 e. The molecule has 0 radical (unpaired) electrons. The number of carbonyl (C=O) groups is 3. The molecule has 6 nitrogen and oxygen atoms in total. The molecule has 0 spiro atoms. The third-order valence-corrected chi connectivity index (χ3v) is 5.18. The zero-order valence-corrected chi connectivity index (χ0v) is 15.5. The summed E-state index contributed by atoms with van der Waals surface area (Å²) in [6.45, 7) is 1.83. The number of nitrogens with one attached hydrogen (secondary N) is 1. The molecular weight excluding hydrogens is 330 g/mol. The van der Waals surface area contributed by atoms with Crippen LogP contribution in [-0.4, -0.2) is 54.7 Å². The van der Waals surface area contributed by atoms with Crippen molar-refractivity contribution < 1.29 is 14.4 Å². The van der Waals surface area contributed by atoms with Gasteiger partial charge in [0.25, 0.3) is 5.91 Å². The van der Waals surface area contributed by atoms with Crippen molar-refractivity contribution in [3.8, 4) is 0 Å². The Balaban J connectivity index is 1.44. The van der Waals surface area contributed by atoms with Crippen LogP contribution in [0.15, 0.2) is 24.3 Å². The molecule has 0 aromatic heterocycles. The first-order valence-corrected chi connectivity index (χ1v) is 9.33. The minimum atomic E-state index is -0.0342. The average molecular weight is 357 g/mol. The topological polar surface area (TPSA) is 69.7 Å². The lowest BCUT2D eigenvalue weighted by Crippen LogP contribution is -2.43. The Morgan fingerprint density at radius 2 is 1.62 bits per heavy atom. The second-order valence-corrected chi connectivity index (χ2v) is 7.49. The number of carbonyl (C=O) groups excluding carboxylic acids is 3. The molecule has 1 aliphatic heterocycles. The normalized spacial score (nSPS) is 17.7. The van der Waals surface area contributed by atoms with Crippen molar-refractivity contribution >= 4 is 17.7 Å². The van der Waals surface area contributed by atoms with E-state index in [0.717, 1.165) is 31.2 Å². The highest BCUT2D eigenvalue weighted by atomic mass is 16.2. The number of piperidine rings is 1. The van der Waals surface area contributed by atoms with E-state index in [9.17, 15) is 14.4 Å². The van der Waals surface area contributed by atoms with E-state index in [1.165, 1.54) is 4.90 Å². The number of hydrogen-bond acceptors (Lipinski definition) is 3. The van der Waals surface area contributed by atoms with Crippen LogP contribution in [0.2, 0.25) is 0 Å². The summed E-state index contributed by atoms with van der Waals surface area (Å²) >= 11 is 0. The summed E-state index contributed by atoms with van der Waals surface area (Å²) in [4.78, 5) is 39.8. The molecule has 3 rings (SSSR count). The molecule has 0 bridgehead atoms. The summed E-state index contributed by atoms with van der Waals surface area (Å²) < 4.78 is 0. The van der Waals surface area contributed by atoms with Crippen LogP contribution in [0.25, 0.3) is 0 Å². The fourth-order valence-electron chi connectivity index (χ4n) is 3.31. The lowest BCUT2D eigenvalue weighted by Gasteiger charge is -2.31. The summed E-state index contributed by atoms with van der Waals surface area (Å²) in [6, 6.07) is 7.31. The molecule has 1 saturated carbocycles. The number of rotatable bonds is 5. The molecule has 1 N–H and O–H groups in total. The predicted molar refractivity (Wildman–Crippen MR) is 98.3 cm³/mol. The van der Waals surface area contributed by atoms with E-state index in [2.05, 4.69) is 5.32 Å². The van der Waals surface area contributed by atoms with E-state index >= 15 is 0 Å². The van der Waals surface area contributed by atoms with Gasteiger partial charge in [-0.15, -0.1) is 0 Å². The zero-order chi connectivity index (χ0) is 18.7. The van der Waals surface area contributed by atoms with Gasteiger partial charge >= 0.3 is 0 Å². The highest BCUT2D eigenvalue weighted by Gasteiger charge is 2.35. The summed E-state index contributed by atoms with van der Waals surface area (Å²) in [5, 5.41) is 2.98. The maximum atomic E-state index is 12.4. The zero-order valence-electron chi connectivity index (χ0n) is 15.5. The maximum Gasteiger partial charge on any atom is 0.253 e. The van der Waals surface area contributed by atoms with Gasteiger partial charge in [-0.1, -0.05) is 12.1 Å². The van der Waals surface area contributed by atoms with Crippen molar-refractivity contribution in [1.29, 1.82) is 0 Å². The van der Waals surface area contributed by atoms with Crippen LogP contribution in [0.3, 0.4) is 0 Å². The molecular formula is C20H27N3O3. The maximum absolute atomic E-state index is 12.4. The van der Waals surface area contributed by atoms with Crippen molar-refractivity contribution in [2.45, 2.75) is 32.2 Å². The van der Waals surface area contributed by atoms with Gasteiger partial charge in [-0.2, -0.15) is 0 Å². The van der Waals surface area contributed by atoms with Crippen LogP contribution in [0.5, 0.6) is 0 Å². The highest BCUT2D eigenvalue weighted by Crippen LogP contribution is 2.32. The van der Waals surface area contributed by atoms with Crippen molar-refractivity contribution in [2.75, 3.05) is 27.2 Å². The van der Waals surface area contributed by atoms with E-state index < -0.39 is 0 Å². The second kappa shape index (κ2) is 7.89. The van der Waals surface area contributed by atoms with Gasteiger partial charge in [0.15, 0.2) is 0 Å². The van der Waals surface area contributed by atoms with Gasteiger partial charge in [0.05, 0.1) is 0 Å². The van der Waals surface area contributed by atoms with Gasteiger partial charge in [0.2, 0.25) is 11.8 Å². The Hall–Kier alpha value is -2.37. The third-order valence-electron chi connectivity index (χ3n) is 5.18. The van der Waals surface area contributed by atoms with E-state index in [1.54, 1.807) is 26.2 Å². The van der Waals surface area contributed by atoms with E-state index in [4.69, 9.17) is 0 Å². The quantitative estimate of drug-likeness (QED) is 0.871. The lowest BCUT2D eigenvalue weighted by atomic mass is 9.95. The highest BCUT2D eigenvalue weighted by molar-refractivity contribution is 5.93. The lowest BCUT2D eigenvalue weighted by molar-refractivity contribution is -0.136. The van der Waals surface area contributed by atoms with Crippen LogP contribution in [0.1, 0.15) is 41.6 Å². The number of benzene rings is 1. The fraction of sp³-hybridized carbons (Fsp3) is 0.550. The van der Waals surface area contributed by atoms with Gasteiger partial charge in [0.1, 0.15) is 0 Å². The first-order chi connectivity index (χ1) is 12.5. The molecule has 0 atom stereocenters. The molecule has 1 aromatic carbocycles. The largest absolute Gasteiger partial charge is 0.352 e. The fourth-order valence-corrected chi connectivity index (χ4v) is 3.31. The van der Waals surface area contributed by atoms with Crippen LogP contribution in [0.4, 0.5) is 0 Å². The van der Waals surface area contributed by atoms with E-state index in [0.29, 0.717) is 25.2 Å². The Labute approximate surface area is 154 Å². The Morgan fingerprint density at radius 3 is 2.15 bits per heavy atom. The molecule has 140 valence electrons. The Morgan fingerprint density at radius 1 is 1.00 bits per heavy atom. The number of nitrogens with zero attached hydrogens (tertiary/aromatic N) is 2. The van der Waals surface area contributed by atoms with Gasteiger partial charge in [-0.05, 0) is 43.4 Å². The van der Waals surface area contributed by atoms with E-state index in [-0.39, 0.29) is 29.6 Å². The Bertz CT molecular complexity index is 672. The van der Waals surface area contributed by atoms with Crippen LogP contribution < -0.4 is 5.32 Å². The van der Waals surface area contributed by atoms with Crippen molar-refractivity contribution in [2.24, 2.45) is 11.8 Å². The number of amides is 3. The number of likely N-dealkylation sites (tertiary alicyclic amines) is 1. The Kier molecular flexibility index (Phi) is 5.59. The summed E-state index contributed by atoms with van der Waals surface area (Å²) in [6.07, 6.45) is 3.53. The van der Waals surface area contributed by atoms with Gasteiger partial charge in [-0.3, -0.25) is 14.4 Å². The molecule has 1 aliphatic carbocycles. The predicted octanol–water partition coefficient (Wildman–Crippen LogP) is 1.65. The average Bonchev–Trinajstić information content (AvgIpc) is 3.50. The van der Waals surface area contributed by atoms with Crippen LogP contribution in [-0.2, 0) is 16.1 Å². The monoisotopic (exact) mass is 357 g/mol. The molecule has 26 heavy (non-hydrogen) atoms. The molecule has 0 unspecified atom stereocenters. The second-order valence-electron chi connectivity index (χ2n) is 7.49. The first-order valence-electron chi connectivity index (χ1n) is 9.33. The van der Waals surface area contributed by atoms with E-state index in [1.807, 2.05) is 17.0 Å². The number of hydrogen-bond donors (Lipinski definition) is 1. The summed E-state index contributed by atoms with van der Waals surface area (Å²) in [5.41, 5.74) is 1.60. The molecule has 1 saturated heterocycles. The SMILES string of the molecule is CN(C)C(=O)c1ccc(CNC(=O)C2CCN(C(=O)C3CC3)CC2)cc1. The van der Waals surface area contributed by atoms with Gasteiger partial charge in [0, 0.05) is 51.1 Å². The molecule has 1 heterocycles. The third kappa shape index (κ3) is 4.42. The van der Waals surface area contributed by atoms with Crippen molar-refractivity contribution in [3.63, 3.8) is 0 Å². The molecule has 2 fully saturated rings. The first kappa shape index (κ1) is 18.4. The van der Waals surface area contributed by atoms with Gasteiger partial charge < -0.3 is 15.1 Å². The molecule has 1 aromatic rings. The van der Waals surface area contributed by atoms with Crippen molar-refractivity contribution in [1.82, 2.24) is 15.1 Å². The molecule has 3 amide bonds. The van der Waals surface area contributed by atoms with Crippen LogP contribution >= 0.6 is 0 Å². The van der Waals surface area contributed by atoms with Crippen molar-refractivity contribution in [3.05, 3.63) is 35.4 Å². The van der Waals surface area contributed by atoms with Crippen LogP contribution in [0, 0.1) is 11.8 Å². The van der Waals surface area contributed by atoms with Gasteiger partial charge in [-0.25, -0.2) is 0 Å². The molecule has 6 heteroatoms. The summed E-state index contributed by atoms with van der Waals surface area (Å²) in [5.74, 6) is 0.525. The summed E-state index contributed by atoms with van der Waals surface area (Å²) in [7, 11) is 3.44. The minimum Gasteiger partial charge on any atom is -0.352 e. The molecule has 2 aliphatic rings.